The lowest BCUT2D eigenvalue weighted by atomic mass is 9.90. The Morgan fingerprint density at radius 1 is 1.22 bits per heavy atom. The number of hydrogen-bond donors (Lipinski definition) is 2. The second-order valence-corrected chi connectivity index (χ2v) is 8.55. The molecular formula is C25H29N3O4. The van der Waals surface area contributed by atoms with E-state index in [0.29, 0.717) is 35.3 Å². The number of carboxylic acid groups (broad SMARTS) is 1. The molecule has 1 aliphatic carbocycles. The van der Waals surface area contributed by atoms with Gasteiger partial charge in [0.2, 0.25) is 0 Å². The highest BCUT2D eigenvalue weighted by atomic mass is 16.5. The molecule has 1 amide bonds. The molecule has 0 unspecified atom stereocenters. The number of aromatic nitrogens is 2. The number of nitrogens with one attached hydrogen (secondary N) is 1. The topological polar surface area (TPSA) is 92.9 Å². The van der Waals surface area contributed by atoms with E-state index >= 15 is 0 Å². The van der Waals surface area contributed by atoms with Crippen molar-refractivity contribution in [2.75, 3.05) is 6.61 Å². The third-order valence-electron chi connectivity index (χ3n) is 6.18. The van der Waals surface area contributed by atoms with E-state index in [-0.39, 0.29) is 17.5 Å². The van der Waals surface area contributed by atoms with Crippen molar-refractivity contribution in [1.82, 2.24) is 14.7 Å². The summed E-state index contributed by atoms with van der Waals surface area (Å²) in [6, 6.07) is 9.98. The standard InChI is InChI=1S/C25H29N3O4/c1-16(19-10-6-11-20(14-19)25(30)31)27-24(29)22-17(2)26-23-21(12-7-13-28(22)23)32-15-18-8-4-3-5-9-18/h6-7,10-14,16,18H,3-5,8-9,15H2,1-2H3,(H,27,29)(H,30,31)/t16-/m0/s1. The van der Waals surface area contributed by atoms with Crippen LogP contribution in [-0.2, 0) is 0 Å². The fourth-order valence-electron chi connectivity index (χ4n) is 4.39. The molecule has 168 valence electrons. The number of ether oxygens (including phenoxy) is 1. The molecular weight excluding hydrogens is 406 g/mol. The van der Waals surface area contributed by atoms with Crippen LogP contribution in [-0.4, -0.2) is 33.0 Å². The van der Waals surface area contributed by atoms with Crippen molar-refractivity contribution < 1.29 is 19.4 Å². The number of hydrogen-bond acceptors (Lipinski definition) is 4. The Labute approximate surface area is 187 Å². The summed E-state index contributed by atoms with van der Waals surface area (Å²) in [6.45, 7) is 4.31. The van der Waals surface area contributed by atoms with Gasteiger partial charge in [-0.05, 0) is 62.4 Å². The number of amides is 1. The number of aryl methyl sites for hydroxylation is 1. The number of fused-ring (bicyclic) bond motifs is 1. The van der Waals surface area contributed by atoms with Crippen LogP contribution in [0, 0.1) is 12.8 Å². The van der Waals surface area contributed by atoms with Gasteiger partial charge in [0.15, 0.2) is 11.4 Å². The zero-order valence-corrected chi connectivity index (χ0v) is 18.5. The van der Waals surface area contributed by atoms with Crippen LogP contribution in [0.5, 0.6) is 5.75 Å². The van der Waals surface area contributed by atoms with Crippen LogP contribution >= 0.6 is 0 Å². The lowest BCUT2D eigenvalue weighted by Crippen LogP contribution is -2.28. The Morgan fingerprint density at radius 2 is 2.00 bits per heavy atom. The molecule has 3 aromatic rings. The fourth-order valence-corrected chi connectivity index (χ4v) is 4.39. The molecule has 1 fully saturated rings. The molecule has 1 aromatic carbocycles. The molecule has 2 aromatic heterocycles. The molecule has 7 nitrogen and oxygen atoms in total. The zero-order valence-electron chi connectivity index (χ0n) is 18.5. The summed E-state index contributed by atoms with van der Waals surface area (Å²) < 4.78 is 7.89. The predicted octanol–water partition coefficient (Wildman–Crippen LogP) is 4.79. The number of rotatable bonds is 7. The second kappa shape index (κ2) is 9.42. The molecule has 32 heavy (non-hydrogen) atoms. The monoisotopic (exact) mass is 435 g/mol. The van der Waals surface area contributed by atoms with E-state index in [9.17, 15) is 14.7 Å². The van der Waals surface area contributed by atoms with Crippen molar-refractivity contribution in [1.29, 1.82) is 0 Å². The molecule has 0 aliphatic heterocycles. The van der Waals surface area contributed by atoms with Gasteiger partial charge >= 0.3 is 5.97 Å². The number of nitrogens with zero attached hydrogens (tertiary/aromatic N) is 2. The second-order valence-electron chi connectivity index (χ2n) is 8.55. The van der Waals surface area contributed by atoms with Crippen molar-refractivity contribution in [3.8, 4) is 5.75 Å². The van der Waals surface area contributed by atoms with Gasteiger partial charge in [0.05, 0.1) is 23.9 Å². The first-order valence-electron chi connectivity index (χ1n) is 11.2. The summed E-state index contributed by atoms with van der Waals surface area (Å²) in [5.74, 6) is -0.0101. The molecule has 0 saturated heterocycles. The van der Waals surface area contributed by atoms with Crippen LogP contribution in [0.4, 0.5) is 0 Å². The molecule has 1 aliphatic rings. The Kier molecular flexibility index (Phi) is 6.44. The number of carbonyl (C=O) groups is 2. The Morgan fingerprint density at radius 3 is 2.75 bits per heavy atom. The first-order valence-corrected chi connectivity index (χ1v) is 11.2. The molecule has 2 heterocycles. The number of imidazole rings is 1. The van der Waals surface area contributed by atoms with E-state index < -0.39 is 5.97 Å². The maximum Gasteiger partial charge on any atom is 0.335 e. The van der Waals surface area contributed by atoms with Gasteiger partial charge in [-0.2, -0.15) is 0 Å². The van der Waals surface area contributed by atoms with Crippen LogP contribution in [0.15, 0.2) is 42.6 Å². The Balaban J connectivity index is 1.53. The molecule has 0 bridgehead atoms. The van der Waals surface area contributed by atoms with Crippen molar-refractivity contribution >= 4 is 17.5 Å². The van der Waals surface area contributed by atoms with E-state index in [1.165, 1.54) is 38.2 Å². The normalized spacial score (nSPS) is 15.4. The first-order chi connectivity index (χ1) is 15.4. The smallest absolute Gasteiger partial charge is 0.335 e. The number of carboxylic acids is 1. The van der Waals surface area contributed by atoms with Gasteiger partial charge in [-0.1, -0.05) is 31.4 Å². The van der Waals surface area contributed by atoms with Crippen LogP contribution in [0.1, 0.15) is 77.2 Å². The van der Waals surface area contributed by atoms with Crippen molar-refractivity contribution in [2.24, 2.45) is 5.92 Å². The van der Waals surface area contributed by atoms with E-state index in [1.807, 2.05) is 32.2 Å². The maximum atomic E-state index is 13.1. The molecule has 1 saturated carbocycles. The van der Waals surface area contributed by atoms with Gasteiger partial charge in [0.1, 0.15) is 5.69 Å². The Bertz CT molecular complexity index is 1130. The van der Waals surface area contributed by atoms with Gasteiger partial charge in [-0.15, -0.1) is 0 Å². The highest BCUT2D eigenvalue weighted by Gasteiger charge is 2.22. The SMILES string of the molecule is Cc1nc2c(OCC3CCCCC3)cccn2c1C(=O)N[C@@H](C)c1cccc(C(=O)O)c1. The molecule has 2 N–H and O–H groups in total. The minimum absolute atomic E-state index is 0.189. The van der Waals surface area contributed by atoms with Gasteiger partial charge in [0.25, 0.3) is 5.91 Å². The van der Waals surface area contributed by atoms with E-state index in [4.69, 9.17) is 4.74 Å². The highest BCUT2D eigenvalue weighted by Crippen LogP contribution is 2.27. The molecule has 0 radical (unpaired) electrons. The van der Waals surface area contributed by atoms with Crippen molar-refractivity contribution in [3.05, 3.63) is 65.1 Å². The minimum Gasteiger partial charge on any atom is -0.489 e. The zero-order chi connectivity index (χ0) is 22.7. The number of aromatic carboxylic acids is 1. The summed E-state index contributed by atoms with van der Waals surface area (Å²) in [5.41, 5.74) is 2.61. The molecule has 7 heteroatoms. The van der Waals surface area contributed by atoms with Gasteiger partial charge in [-0.3, -0.25) is 9.20 Å². The van der Waals surface area contributed by atoms with Crippen LogP contribution < -0.4 is 10.1 Å². The van der Waals surface area contributed by atoms with Crippen LogP contribution in [0.2, 0.25) is 0 Å². The average molecular weight is 436 g/mol. The third kappa shape index (κ3) is 4.61. The summed E-state index contributed by atoms with van der Waals surface area (Å²) >= 11 is 0. The van der Waals surface area contributed by atoms with Crippen molar-refractivity contribution in [3.63, 3.8) is 0 Å². The quantitative estimate of drug-likeness (QED) is 0.557. The average Bonchev–Trinajstić information content (AvgIpc) is 3.14. The van der Waals surface area contributed by atoms with Gasteiger partial charge in [-0.25, -0.2) is 9.78 Å². The largest absolute Gasteiger partial charge is 0.489 e. The summed E-state index contributed by atoms with van der Waals surface area (Å²) in [7, 11) is 0. The summed E-state index contributed by atoms with van der Waals surface area (Å²) in [6.07, 6.45) is 8.05. The van der Waals surface area contributed by atoms with Gasteiger partial charge < -0.3 is 15.2 Å². The van der Waals surface area contributed by atoms with Crippen LogP contribution in [0.3, 0.4) is 0 Å². The third-order valence-corrected chi connectivity index (χ3v) is 6.18. The Hall–Kier alpha value is -3.35. The van der Waals surface area contributed by atoms with Gasteiger partial charge in [0, 0.05) is 6.20 Å². The number of benzene rings is 1. The predicted molar refractivity (Wildman–Crippen MR) is 121 cm³/mol. The van der Waals surface area contributed by atoms with Crippen molar-refractivity contribution in [2.45, 2.75) is 52.0 Å². The maximum absolute atomic E-state index is 13.1. The first kappa shape index (κ1) is 21.9. The summed E-state index contributed by atoms with van der Waals surface area (Å²) in [5, 5.41) is 12.2. The minimum atomic E-state index is -0.997. The van der Waals surface area contributed by atoms with E-state index in [0.717, 1.165) is 5.56 Å². The molecule has 0 spiro atoms. The van der Waals surface area contributed by atoms with E-state index in [2.05, 4.69) is 10.3 Å². The molecule has 4 rings (SSSR count). The lowest BCUT2D eigenvalue weighted by Gasteiger charge is -2.21. The fraction of sp³-hybridized carbons (Fsp3) is 0.400. The number of carbonyl (C=O) groups excluding carboxylic acids is 1. The number of pyridine rings is 1. The molecule has 1 atom stereocenters. The highest BCUT2D eigenvalue weighted by molar-refractivity contribution is 5.95. The van der Waals surface area contributed by atoms with Crippen LogP contribution in [0.25, 0.3) is 5.65 Å². The van der Waals surface area contributed by atoms with E-state index in [1.54, 1.807) is 22.6 Å². The summed E-state index contributed by atoms with van der Waals surface area (Å²) in [4.78, 5) is 29.0. The lowest BCUT2D eigenvalue weighted by molar-refractivity contribution is 0.0696.